The number of piperidine rings is 1. The topological polar surface area (TPSA) is 110 Å². The first-order valence-electron chi connectivity index (χ1n) is 9.15. The predicted molar refractivity (Wildman–Crippen MR) is 107 cm³/mol. The standard InChI is InChI=1S/C18H18F3N3O5S2/c1-10-5-7-23(8-6-10)17(25)14-15(18(19,20)21)22-16(30-14)11-3-4-13(31(2,28)29)12(9-11)24(26)27/h3-4,9-10H,5-8H2,1-2H3. The summed E-state index contributed by atoms with van der Waals surface area (Å²) >= 11 is 0.481. The summed E-state index contributed by atoms with van der Waals surface area (Å²) in [5, 5.41) is 11.0. The maximum Gasteiger partial charge on any atom is 0.435 e. The molecule has 1 saturated heterocycles. The molecule has 1 fully saturated rings. The van der Waals surface area contributed by atoms with Gasteiger partial charge in [-0.15, -0.1) is 11.3 Å². The van der Waals surface area contributed by atoms with E-state index in [0.717, 1.165) is 24.5 Å². The SMILES string of the molecule is CC1CCN(C(=O)c2sc(-c3ccc(S(C)(=O)=O)c([N+](=O)[O-])c3)nc2C(F)(F)F)CC1. The Kier molecular flexibility index (Phi) is 6.11. The van der Waals surface area contributed by atoms with Crippen molar-refractivity contribution in [1.29, 1.82) is 0 Å². The number of amides is 1. The molecular weight excluding hydrogens is 459 g/mol. The predicted octanol–water partition coefficient (Wildman–Crippen LogP) is 4.01. The van der Waals surface area contributed by atoms with Gasteiger partial charge in [0.2, 0.25) is 0 Å². The second kappa shape index (κ2) is 8.19. The fourth-order valence-electron chi connectivity index (χ4n) is 3.24. The Bertz CT molecular complexity index is 1140. The molecule has 0 N–H and O–H groups in total. The monoisotopic (exact) mass is 477 g/mol. The summed E-state index contributed by atoms with van der Waals surface area (Å²) < 4.78 is 64.3. The van der Waals surface area contributed by atoms with Gasteiger partial charge in [-0.1, -0.05) is 13.0 Å². The van der Waals surface area contributed by atoms with Crippen molar-refractivity contribution in [1.82, 2.24) is 9.88 Å². The Hall–Kier alpha value is -2.54. The minimum atomic E-state index is -4.90. The van der Waals surface area contributed by atoms with E-state index in [0.29, 0.717) is 43.2 Å². The van der Waals surface area contributed by atoms with E-state index in [1.54, 1.807) is 0 Å². The van der Waals surface area contributed by atoms with Gasteiger partial charge in [0, 0.05) is 31.0 Å². The third-order valence-electron chi connectivity index (χ3n) is 4.96. The molecule has 2 heterocycles. The van der Waals surface area contributed by atoms with E-state index in [2.05, 4.69) is 4.98 Å². The first kappa shape index (κ1) is 23.1. The van der Waals surface area contributed by atoms with E-state index in [1.165, 1.54) is 4.90 Å². The number of benzene rings is 1. The normalized spacial score (nSPS) is 15.8. The Balaban J connectivity index is 2.08. The number of nitro groups is 1. The molecular formula is C18H18F3N3O5S2. The summed E-state index contributed by atoms with van der Waals surface area (Å²) in [6, 6.07) is 2.94. The van der Waals surface area contributed by atoms with Crippen LogP contribution >= 0.6 is 11.3 Å². The molecule has 0 saturated carbocycles. The van der Waals surface area contributed by atoms with E-state index in [4.69, 9.17) is 0 Å². The van der Waals surface area contributed by atoms with Crippen LogP contribution in [0.5, 0.6) is 0 Å². The van der Waals surface area contributed by atoms with Crippen LogP contribution in [0.2, 0.25) is 0 Å². The minimum Gasteiger partial charge on any atom is -0.338 e. The molecule has 13 heteroatoms. The average Bonchev–Trinajstić information content (AvgIpc) is 3.13. The van der Waals surface area contributed by atoms with Gasteiger partial charge in [0.25, 0.3) is 11.6 Å². The molecule has 1 amide bonds. The smallest absolute Gasteiger partial charge is 0.338 e. The lowest BCUT2D eigenvalue weighted by molar-refractivity contribution is -0.387. The molecule has 1 aromatic carbocycles. The molecule has 0 bridgehead atoms. The second-order valence-electron chi connectivity index (χ2n) is 7.38. The Morgan fingerprint density at radius 3 is 2.42 bits per heavy atom. The average molecular weight is 477 g/mol. The fraction of sp³-hybridized carbons (Fsp3) is 0.444. The van der Waals surface area contributed by atoms with Crippen molar-refractivity contribution in [3.05, 3.63) is 38.9 Å². The maximum atomic E-state index is 13.6. The zero-order chi connectivity index (χ0) is 23.1. The van der Waals surface area contributed by atoms with E-state index < -0.39 is 48.0 Å². The number of aromatic nitrogens is 1. The molecule has 3 rings (SSSR count). The van der Waals surface area contributed by atoms with E-state index in [9.17, 15) is 36.5 Å². The lowest BCUT2D eigenvalue weighted by Gasteiger charge is -2.30. The summed E-state index contributed by atoms with van der Waals surface area (Å²) in [4.78, 5) is 26.9. The van der Waals surface area contributed by atoms with Gasteiger partial charge < -0.3 is 4.90 Å². The van der Waals surface area contributed by atoms with Crippen LogP contribution in [0.3, 0.4) is 0 Å². The third-order valence-corrected chi connectivity index (χ3v) is 7.20. The number of sulfone groups is 1. The van der Waals surface area contributed by atoms with E-state index >= 15 is 0 Å². The van der Waals surface area contributed by atoms with Gasteiger partial charge in [-0.05, 0) is 24.8 Å². The maximum absolute atomic E-state index is 13.6. The highest BCUT2D eigenvalue weighted by Gasteiger charge is 2.41. The summed E-state index contributed by atoms with van der Waals surface area (Å²) in [6.45, 7) is 2.67. The number of halogens is 3. The Morgan fingerprint density at radius 1 is 1.29 bits per heavy atom. The van der Waals surface area contributed by atoms with Gasteiger partial charge in [0.05, 0.1) is 4.92 Å². The molecule has 1 aromatic heterocycles. The molecule has 0 atom stereocenters. The largest absolute Gasteiger partial charge is 0.435 e. The molecule has 0 unspecified atom stereocenters. The van der Waals surface area contributed by atoms with Gasteiger partial charge in [-0.25, -0.2) is 13.4 Å². The first-order chi connectivity index (χ1) is 14.3. The number of thiazole rings is 1. The van der Waals surface area contributed by atoms with Crippen LogP contribution in [-0.4, -0.2) is 48.5 Å². The van der Waals surface area contributed by atoms with Crippen LogP contribution in [0.1, 0.15) is 35.1 Å². The molecule has 0 spiro atoms. The van der Waals surface area contributed by atoms with Gasteiger partial charge >= 0.3 is 6.18 Å². The number of hydrogen-bond donors (Lipinski definition) is 0. The van der Waals surface area contributed by atoms with Crippen molar-refractivity contribution in [3.8, 4) is 10.6 Å². The second-order valence-corrected chi connectivity index (χ2v) is 10.4. The number of alkyl halides is 3. The number of rotatable bonds is 4. The van der Waals surface area contributed by atoms with Gasteiger partial charge in [-0.2, -0.15) is 13.2 Å². The number of carbonyl (C=O) groups excluding carboxylic acids is 1. The van der Waals surface area contributed by atoms with Gasteiger partial charge in [-0.3, -0.25) is 14.9 Å². The van der Waals surface area contributed by atoms with E-state index in [1.807, 2.05) is 6.92 Å². The molecule has 1 aliphatic rings. The number of nitrogens with zero attached hydrogens (tertiary/aromatic N) is 3. The van der Waals surface area contributed by atoms with Crippen LogP contribution in [0.15, 0.2) is 23.1 Å². The number of likely N-dealkylation sites (tertiary alicyclic amines) is 1. The zero-order valence-corrected chi connectivity index (χ0v) is 18.1. The highest BCUT2D eigenvalue weighted by atomic mass is 32.2. The molecule has 0 radical (unpaired) electrons. The van der Waals surface area contributed by atoms with Crippen LogP contribution < -0.4 is 0 Å². The zero-order valence-electron chi connectivity index (χ0n) is 16.5. The van der Waals surface area contributed by atoms with Gasteiger partial charge in [0.1, 0.15) is 14.8 Å². The molecule has 31 heavy (non-hydrogen) atoms. The van der Waals surface area contributed by atoms with Crippen molar-refractivity contribution < 1.29 is 31.3 Å². The summed E-state index contributed by atoms with van der Waals surface area (Å²) in [7, 11) is -3.94. The third kappa shape index (κ3) is 4.87. The number of hydrogen-bond acceptors (Lipinski definition) is 7. The number of nitro benzene ring substituents is 1. The Morgan fingerprint density at radius 2 is 1.90 bits per heavy atom. The lowest BCUT2D eigenvalue weighted by atomic mass is 9.99. The first-order valence-corrected chi connectivity index (χ1v) is 11.9. The van der Waals surface area contributed by atoms with Crippen LogP contribution in [-0.2, 0) is 16.0 Å². The highest BCUT2D eigenvalue weighted by Crippen LogP contribution is 2.40. The molecule has 8 nitrogen and oxygen atoms in total. The van der Waals surface area contributed by atoms with Crippen molar-refractivity contribution in [2.24, 2.45) is 5.92 Å². The Labute approximate surface area is 179 Å². The van der Waals surface area contributed by atoms with Gasteiger partial charge in [0.15, 0.2) is 15.5 Å². The van der Waals surface area contributed by atoms with Crippen molar-refractivity contribution in [2.45, 2.75) is 30.8 Å². The van der Waals surface area contributed by atoms with Crippen LogP contribution in [0, 0.1) is 16.0 Å². The summed E-state index contributed by atoms with van der Waals surface area (Å²) in [6.07, 6.45) is -2.76. The van der Waals surface area contributed by atoms with Crippen molar-refractivity contribution in [3.63, 3.8) is 0 Å². The lowest BCUT2D eigenvalue weighted by Crippen LogP contribution is -2.38. The quantitative estimate of drug-likeness (QED) is 0.486. The molecule has 2 aromatic rings. The minimum absolute atomic E-state index is 0.0825. The molecule has 1 aliphatic heterocycles. The molecule has 168 valence electrons. The number of carbonyl (C=O) groups is 1. The summed E-state index contributed by atoms with van der Waals surface area (Å²) in [5.74, 6) is -0.415. The van der Waals surface area contributed by atoms with Crippen LogP contribution in [0.4, 0.5) is 18.9 Å². The van der Waals surface area contributed by atoms with Crippen molar-refractivity contribution >= 4 is 32.8 Å². The van der Waals surface area contributed by atoms with Crippen molar-refractivity contribution in [2.75, 3.05) is 19.3 Å². The fourth-order valence-corrected chi connectivity index (χ4v) is 5.12. The molecule has 0 aliphatic carbocycles. The van der Waals surface area contributed by atoms with Crippen LogP contribution in [0.25, 0.3) is 10.6 Å². The van der Waals surface area contributed by atoms with E-state index in [-0.39, 0.29) is 10.6 Å². The summed E-state index contributed by atoms with van der Waals surface area (Å²) in [5.41, 5.74) is -2.21. The highest BCUT2D eigenvalue weighted by molar-refractivity contribution is 7.90.